The standard InChI is InChI=1S/C9H5ClN2O3/c10-6-1-2-9(12(13)14)7(5-6)8-3-4-15-11-8/h1-5H. The lowest BCUT2D eigenvalue weighted by Crippen LogP contribution is -1.91. The van der Waals surface area contributed by atoms with Crippen molar-refractivity contribution in [2.75, 3.05) is 0 Å². The Labute approximate surface area is 89.4 Å². The summed E-state index contributed by atoms with van der Waals surface area (Å²) in [4.78, 5) is 10.2. The topological polar surface area (TPSA) is 69.2 Å². The molecular weight excluding hydrogens is 220 g/mol. The lowest BCUT2D eigenvalue weighted by Gasteiger charge is -1.98. The van der Waals surface area contributed by atoms with E-state index < -0.39 is 4.92 Å². The fourth-order valence-electron chi connectivity index (χ4n) is 1.22. The van der Waals surface area contributed by atoms with Gasteiger partial charge in [0, 0.05) is 17.2 Å². The normalized spacial score (nSPS) is 10.2. The number of aromatic nitrogens is 1. The zero-order chi connectivity index (χ0) is 10.8. The van der Waals surface area contributed by atoms with E-state index in [2.05, 4.69) is 9.68 Å². The first-order valence-corrected chi connectivity index (χ1v) is 4.41. The minimum atomic E-state index is -0.486. The highest BCUT2D eigenvalue weighted by atomic mass is 35.5. The SMILES string of the molecule is O=[N+]([O-])c1ccc(Cl)cc1-c1ccon1. The van der Waals surface area contributed by atoms with Gasteiger partial charge in [-0.2, -0.15) is 0 Å². The summed E-state index contributed by atoms with van der Waals surface area (Å²) in [7, 11) is 0. The molecule has 5 nitrogen and oxygen atoms in total. The molecule has 0 aliphatic carbocycles. The van der Waals surface area contributed by atoms with E-state index >= 15 is 0 Å². The molecule has 0 N–H and O–H groups in total. The van der Waals surface area contributed by atoms with Crippen LogP contribution in [-0.2, 0) is 0 Å². The summed E-state index contributed by atoms with van der Waals surface area (Å²) in [6.07, 6.45) is 1.35. The molecule has 0 atom stereocenters. The maximum Gasteiger partial charge on any atom is 0.278 e. The third kappa shape index (κ3) is 1.82. The van der Waals surface area contributed by atoms with Gasteiger partial charge in [-0.05, 0) is 12.1 Å². The third-order valence-electron chi connectivity index (χ3n) is 1.87. The molecule has 0 aliphatic heterocycles. The van der Waals surface area contributed by atoms with Gasteiger partial charge in [-0.15, -0.1) is 0 Å². The molecule has 15 heavy (non-hydrogen) atoms. The van der Waals surface area contributed by atoms with Gasteiger partial charge in [-0.25, -0.2) is 0 Å². The number of hydrogen-bond acceptors (Lipinski definition) is 4. The smallest absolute Gasteiger partial charge is 0.278 e. The summed E-state index contributed by atoms with van der Waals surface area (Å²) in [5.41, 5.74) is 0.693. The molecule has 0 bridgehead atoms. The van der Waals surface area contributed by atoms with Gasteiger partial charge in [0.1, 0.15) is 12.0 Å². The maximum absolute atomic E-state index is 10.7. The summed E-state index contributed by atoms with van der Waals surface area (Å²) in [6.45, 7) is 0. The number of nitrogens with zero attached hydrogens (tertiary/aromatic N) is 2. The van der Waals surface area contributed by atoms with Crippen LogP contribution >= 0.6 is 11.6 Å². The van der Waals surface area contributed by atoms with Crippen molar-refractivity contribution >= 4 is 17.3 Å². The fraction of sp³-hybridized carbons (Fsp3) is 0. The monoisotopic (exact) mass is 224 g/mol. The van der Waals surface area contributed by atoms with Gasteiger partial charge in [0.05, 0.1) is 10.5 Å². The minimum Gasteiger partial charge on any atom is -0.364 e. The van der Waals surface area contributed by atoms with Crippen LogP contribution < -0.4 is 0 Å². The highest BCUT2D eigenvalue weighted by Crippen LogP contribution is 2.30. The van der Waals surface area contributed by atoms with E-state index in [1.54, 1.807) is 6.07 Å². The summed E-state index contributed by atoms with van der Waals surface area (Å²) in [5.74, 6) is 0. The predicted octanol–water partition coefficient (Wildman–Crippen LogP) is 2.90. The molecule has 0 saturated heterocycles. The molecule has 0 saturated carbocycles. The quantitative estimate of drug-likeness (QED) is 0.581. The van der Waals surface area contributed by atoms with Crippen molar-refractivity contribution in [1.82, 2.24) is 5.16 Å². The Kier molecular flexibility index (Phi) is 2.39. The van der Waals surface area contributed by atoms with Crippen LogP contribution in [0.1, 0.15) is 0 Å². The summed E-state index contributed by atoms with van der Waals surface area (Å²) >= 11 is 5.76. The first-order chi connectivity index (χ1) is 7.18. The van der Waals surface area contributed by atoms with Crippen LogP contribution in [-0.4, -0.2) is 10.1 Å². The molecule has 0 amide bonds. The van der Waals surface area contributed by atoms with Gasteiger partial charge in [0.25, 0.3) is 5.69 Å². The van der Waals surface area contributed by atoms with Crippen molar-refractivity contribution in [3.05, 3.63) is 45.7 Å². The average molecular weight is 225 g/mol. The van der Waals surface area contributed by atoms with E-state index in [1.165, 1.54) is 24.5 Å². The molecule has 1 heterocycles. The lowest BCUT2D eigenvalue weighted by atomic mass is 10.1. The van der Waals surface area contributed by atoms with Crippen molar-refractivity contribution < 1.29 is 9.45 Å². The minimum absolute atomic E-state index is 0.0479. The maximum atomic E-state index is 10.7. The van der Waals surface area contributed by atoms with Gasteiger partial charge >= 0.3 is 0 Å². The Balaban J connectivity index is 2.63. The molecule has 1 aromatic carbocycles. The Morgan fingerprint density at radius 2 is 2.20 bits per heavy atom. The molecule has 2 aromatic rings. The van der Waals surface area contributed by atoms with Crippen LogP contribution in [0.3, 0.4) is 0 Å². The molecule has 2 rings (SSSR count). The second kappa shape index (κ2) is 3.70. The molecule has 6 heteroatoms. The first-order valence-electron chi connectivity index (χ1n) is 4.03. The molecule has 1 aromatic heterocycles. The molecule has 0 fully saturated rings. The largest absolute Gasteiger partial charge is 0.364 e. The molecular formula is C9H5ClN2O3. The summed E-state index contributed by atoms with van der Waals surface area (Å²) in [6, 6.07) is 5.83. The number of halogens is 1. The second-order valence-corrected chi connectivity index (χ2v) is 3.24. The van der Waals surface area contributed by atoms with Crippen molar-refractivity contribution in [2.24, 2.45) is 0 Å². The number of rotatable bonds is 2. The lowest BCUT2D eigenvalue weighted by molar-refractivity contribution is -0.384. The van der Waals surface area contributed by atoms with Crippen molar-refractivity contribution in [2.45, 2.75) is 0 Å². The Morgan fingerprint density at radius 3 is 2.80 bits per heavy atom. The third-order valence-corrected chi connectivity index (χ3v) is 2.10. The van der Waals surface area contributed by atoms with Crippen LogP contribution in [0, 0.1) is 10.1 Å². The van der Waals surface area contributed by atoms with Crippen molar-refractivity contribution in [3.63, 3.8) is 0 Å². The van der Waals surface area contributed by atoms with Gasteiger partial charge in [0.2, 0.25) is 0 Å². The first kappa shape index (κ1) is 9.67. The van der Waals surface area contributed by atoms with E-state index in [4.69, 9.17) is 11.6 Å². The highest BCUT2D eigenvalue weighted by Gasteiger charge is 2.17. The summed E-state index contributed by atoms with van der Waals surface area (Å²) < 4.78 is 4.63. The zero-order valence-electron chi connectivity index (χ0n) is 7.38. The summed E-state index contributed by atoms with van der Waals surface area (Å²) in [5, 5.41) is 14.8. The van der Waals surface area contributed by atoms with Crippen molar-refractivity contribution in [3.8, 4) is 11.3 Å². The molecule has 0 spiro atoms. The Morgan fingerprint density at radius 1 is 1.40 bits per heavy atom. The number of hydrogen-bond donors (Lipinski definition) is 0. The van der Waals surface area contributed by atoms with E-state index in [0.717, 1.165) is 0 Å². The molecule has 76 valence electrons. The average Bonchev–Trinajstić information content (AvgIpc) is 2.69. The van der Waals surface area contributed by atoms with Crippen LogP contribution in [0.5, 0.6) is 0 Å². The van der Waals surface area contributed by atoms with Gasteiger partial charge in [-0.1, -0.05) is 16.8 Å². The fourth-order valence-corrected chi connectivity index (χ4v) is 1.40. The Hall–Kier alpha value is -1.88. The van der Waals surface area contributed by atoms with E-state index in [9.17, 15) is 10.1 Å². The van der Waals surface area contributed by atoms with Gasteiger partial charge in [-0.3, -0.25) is 10.1 Å². The van der Waals surface area contributed by atoms with Gasteiger partial charge < -0.3 is 4.52 Å². The zero-order valence-corrected chi connectivity index (χ0v) is 8.14. The molecule has 0 radical (unpaired) electrons. The van der Waals surface area contributed by atoms with Crippen LogP contribution in [0.25, 0.3) is 11.3 Å². The second-order valence-electron chi connectivity index (χ2n) is 2.80. The predicted molar refractivity (Wildman–Crippen MR) is 53.6 cm³/mol. The van der Waals surface area contributed by atoms with E-state index in [1.807, 2.05) is 0 Å². The number of nitro groups is 1. The van der Waals surface area contributed by atoms with E-state index in [-0.39, 0.29) is 5.69 Å². The van der Waals surface area contributed by atoms with Crippen LogP contribution in [0.4, 0.5) is 5.69 Å². The van der Waals surface area contributed by atoms with E-state index in [0.29, 0.717) is 16.3 Å². The Bertz CT molecular complexity index is 496. The number of benzene rings is 1. The van der Waals surface area contributed by atoms with Crippen LogP contribution in [0.15, 0.2) is 35.1 Å². The molecule has 0 aliphatic rings. The number of nitro benzene ring substituents is 1. The molecule has 0 unspecified atom stereocenters. The van der Waals surface area contributed by atoms with Crippen molar-refractivity contribution in [1.29, 1.82) is 0 Å². The highest BCUT2D eigenvalue weighted by molar-refractivity contribution is 6.31. The van der Waals surface area contributed by atoms with Gasteiger partial charge in [0.15, 0.2) is 0 Å². The van der Waals surface area contributed by atoms with Crippen LogP contribution in [0.2, 0.25) is 5.02 Å².